The molecule has 102 valence electrons. The Morgan fingerprint density at radius 3 is 2.61 bits per heavy atom. The van der Waals surface area contributed by atoms with Crippen LogP contribution in [-0.4, -0.2) is 55.9 Å². The van der Waals surface area contributed by atoms with Crippen LogP contribution in [0.15, 0.2) is 5.38 Å². The van der Waals surface area contributed by atoms with Gasteiger partial charge in [0, 0.05) is 45.7 Å². The molecule has 0 spiro atoms. The number of ether oxygens (including phenoxy) is 2. The average molecular weight is 271 g/mol. The summed E-state index contributed by atoms with van der Waals surface area (Å²) in [6.07, 6.45) is 1.20. The van der Waals surface area contributed by atoms with Crippen molar-refractivity contribution in [3.63, 3.8) is 0 Å². The van der Waals surface area contributed by atoms with Crippen molar-refractivity contribution in [2.75, 3.05) is 33.9 Å². The Labute approximate surface area is 112 Å². The van der Waals surface area contributed by atoms with Gasteiger partial charge in [-0.2, -0.15) is 0 Å². The first-order chi connectivity index (χ1) is 8.76. The third kappa shape index (κ3) is 3.27. The number of nitrogens with two attached hydrogens (primary N) is 1. The van der Waals surface area contributed by atoms with E-state index < -0.39 is 0 Å². The fourth-order valence-corrected chi connectivity index (χ4v) is 3.09. The Kier molecular flexibility index (Phi) is 5.08. The maximum atomic E-state index is 5.53. The Bertz CT molecular complexity index is 360. The Morgan fingerprint density at radius 1 is 1.39 bits per heavy atom. The van der Waals surface area contributed by atoms with Gasteiger partial charge in [-0.05, 0) is 6.54 Å². The van der Waals surface area contributed by atoms with Crippen molar-refractivity contribution in [1.29, 1.82) is 0 Å². The molecule has 0 saturated carbocycles. The number of rotatable bonds is 6. The zero-order valence-electron chi connectivity index (χ0n) is 11.0. The molecule has 1 aliphatic heterocycles. The van der Waals surface area contributed by atoms with Crippen molar-refractivity contribution in [3.8, 4) is 0 Å². The van der Waals surface area contributed by atoms with Crippen molar-refractivity contribution in [3.05, 3.63) is 16.1 Å². The summed E-state index contributed by atoms with van der Waals surface area (Å²) in [6.45, 7) is 3.33. The van der Waals surface area contributed by atoms with Gasteiger partial charge in [0.15, 0.2) is 0 Å². The van der Waals surface area contributed by atoms with Gasteiger partial charge in [-0.25, -0.2) is 4.98 Å². The number of nitrogens with zero attached hydrogens (tertiary/aromatic N) is 2. The molecule has 1 aliphatic rings. The largest absolute Gasteiger partial charge is 0.377 e. The third-order valence-corrected chi connectivity index (χ3v) is 4.20. The minimum atomic E-state index is 0.164. The average Bonchev–Trinajstić information content (AvgIpc) is 2.97. The second-order valence-electron chi connectivity index (χ2n) is 4.51. The molecule has 0 radical (unpaired) electrons. The van der Waals surface area contributed by atoms with Crippen molar-refractivity contribution in [2.45, 2.75) is 25.2 Å². The van der Waals surface area contributed by atoms with E-state index in [1.807, 2.05) is 0 Å². The smallest absolute Gasteiger partial charge is 0.0971 e. The molecule has 2 rings (SSSR count). The standard InChI is InChI=1S/C12H21N3O2S/c1-16-10-6-15(7-11(10)17-2)5-9-8-18-12(14-9)3-4-13/h8,10-11H,3-7,13H2,1-2H3. The predicted molar refractivity (Wildman–Crippen MR) is 71.7 cm³/mol. The number of thiazole rings is 1. The van der Waals surface area contributed by atoms with E-state index in [-0.39, 0.29) is 12.2 Å². The minimum absolute atomic E-state index is 0.164. The maximum Gasteiger partial charge on any atom is 0.0971 e. The number of hydrogen-bond acceptors (Lipinski definition) is 6. The van der Waals surface area contributed by atoms with E-state index in [2.05, 4.69) is 15.3 Å². The van der Waals surface area contributed by atoms with Gasteiger partial charge in [-0.3, -0.25) is 4.90 Å². The highest BCUT2D eigenvalue weighted by molar-refractivity contribution is 7.09. The minimum Gasteiger partial charge on any atom is -0.377 e. The van der Waals surface area contributed by atoms with Gasteiger partial charge in [-0.15, -0.1) is 11.3 Å². The third-order valence-electron chi connectivity index (χ3n) is 3.24. The second-order valence-corrected chi connectivity index (χ2v) is 5.46. The van der Waals surface area contributed by atoms with Crippen molar-refractivity contribution in [2.24, 2.45) is 5.73 Å². The van der Waals surface area contributed by atoms with Crippen LogP contribution in [0.3, 0.4) is 0 Å². The summed E-state index contributed by atoms with van der Waals surface area (Å²) >= 11 is 1.69. The fourth-order valence-electron chi connectivity index (χ4n) is 2.29. The molecule has 2 N–H and O–H groups in total. The lowest BCUT2D eigenvalue weighted by atomic mass is 10.3. The molecule has 2 heterocycles. The highest BCUT2D eigenvalue weighted by Gasteiger charge is 2.32. The number of aromatic nitrogens is 1. The zero-order chi connectivity index (χ0) is 13.0. The van der Waals surface area contributed by atoms with E-state index in [4.69, 9.17) is 15.2 Å². The fraction of sp³-hybridized carbons (Fsp3) is 0.750. The molecule has 0 aliphatic carbocycles. The van der Waals surface area contributed by atoms with Crippen LogP contribution in [0.25, 0.3) is 0 Å². The maximum absolute atomic E-state index is 5.53. The van der Waals surface area contributed by atoms with Crippen LogP contribution in [0.1, 0.15) is 10.7 Å². The highest BCUT2D eigenvalue weighted by atomic mass is 32.1. The molecule has 1 aromatic rings. The number of likely N-dealkylation sites (tertiary alicyclic amines) is 1. The molecule has 5 nitrogen and oxygen atoms in total. The molecular weight excluding hydrogens is 250 g/mol. The summed E-state index contributed by atoms with van der Waals surface area (Å²) in [4.78, 5) is 6.90. The first kappa shape index (κ1) is 13.9. The van der Waals surface area contributed by atoms with Crippen LogP contribution < -0.4 is 5.73 Å². The quantitative estimate of drug-likeness (QED) is 0.816. The number of methoxy groups -OCH3 is 2. The summed E-state index contributed by atoms with van der Waals surface area (Å²) in [5.74, 6) is 0. The molecule has 0 bridgehead atoms. The van der Waals surface area contributed by atoms with Crippen molar-refractivity contribution < 1.29 is 9.47 Å². The van der Waals surface area contributed by atoms with Crippen LogP contribution in [0, 0.1) is 0 Å². The van der Waals surface area contributed by atoms with Gasteiger partial charge in [0.25, 0.3) is 0 Å². The Morgan fingerprint density at radius 2 is 2.06 bits per heavy atom. The Hall–Kier alpha value is -0.530. The summed E-state index contributed by atoms with van der Waals surface area (Å²) in [7, 11) is 3.48. The molecule has 18 heavy (non-hydrogen) atoms. The lowest BCUT2D eigenvalue weighted by Gasteiger charge is -2.13. The highest BCUT2D eigenvalue weighted by Crippen LogP contribution is 2.19. The second kappa shape index (κ2) is 6.58. The summed E-state index contributed by atoms with van der Waals surface area (Å²) < 4.78 is 10.9. The molecule has 0 aromatic carbocycles. The van der Waals surface area contributed by atoms with Gasteiger partial charge in [-0.1, -0.05) is 0 Å². The van der Waals surface area contributed by atoms with Crippen LogP contribution in [0.2, 0.25) is 0 Å². The van der Waals surface area contributed by atoms with E-state index in [0.29, 0.717) is 6.54 Å². The van der Waals surface area contributed by atoms with Crippen LogP contribution in [0.4, 0.5) is 0 Å². The first-order valence-corrected chi connectivity index (χ1v) is 7.06. The van der Waals surface area contributed by atoms with E-state index in [9.17, 15) is 0 Å². The molecular formula is C12H21N3O2S. The van der Waals surface area contributed by atoms with Gasteiger partial charge < -0.3 is 15.2 Å². The summed E-state index contributed by atoms with van der Waals surface area (Å²) in [5, 5.41) is 3.24. The summed E-state index contributed by atoms with van der Waals surface area (Å²) in [5.41, 5.74) is 6.65. The normalized spacial score (nSPS) is 24.8. The van der Waals surface area contributed by atoms with Gasteiger partial charge >= 0.3 is 0 Å². The van der Waals surface area contributed by atoms with E-state index in [1.165, 1.54) is 0 Å². The predicted octanol–water partition coefficient (Wildman–Crippen LogP) is 0.490. The molecule has 1 saturated heterocycles. The van der Waals surface area contributed by atoms with Crippen LogP contribution in [-0.2, 0) is 22.4 Å². The molecule has 2 unspecified atom stereocenters. The summed E-state index contributed by atoms with van der Waals surface area (Å²) in [6, 6.07) is 0. The monoisotopic (exact) mass is 271 g/mol. The van der Waals surface area contributed by atoms with E-state index in [0.717, 1.165) is 36.8 Å². The van der Waals surface area contributed by atoms with Gasteiger partial charge in [0.05, 0.1) is 22.9 Å². The lowest BCUT2D eigenvalue weighted by molar-refractivity contribution is -0.00461. The molecule has 0 amide bonds. The van der Waals surface area contributed by atoms with E-state index >= 15 is 0 Å². The van der Waals surface area contributed by atoms with E-state index in [1.54, 1.807) is 25.6 Å². The molecule has 2 atom stereocenters. The topological polar surface area (TPSA) is 60.6 Å². The molecule has 6 heteroatoms. The van der Waals surface area contributed by atoms with Crippen molar-refractivity contribution in [1.82, 2.24) is 9.88 Å². The zero-order valence-corrected chi connectivity index (χ0v) is 11.8. The first-order valence-electron chi connectivity index (χ1n) is 6.18. The number of hydrogen-bond donors (Lipinski definition) is 1. The van der Waals surface area contributed by atoms with Crippen LogP contribution in [0.5, 0.6) is 0 Å². The SMILES string of the molecule is COC1CN(Cc2csc(CCN)n2)CC1OC. The lowest BCUT2D eigenvalue weighted by Crippen LogP contribution is -2.27. The Balaban J connectivity index is 1.89. The van der Waals surface area contributed by atoms with Crippen molar-refractivity contribution >= 4 is 11.3 Å². The molecule has 1 fully saturated rings. The van der Waals surface area contributed by atoms with Crippen LogP contribution >= 0.6 is 11.3 Å². The van der Waals surface area contributed by atoms with Gasteiger partial charge in [0.1, 0.15) is 0 Å². The van der Waals surface area contributed by atoms with Gasteiger partial charge in [0.2, 0.25) is 0 Å². The molecule has 1 aromatic heterocycles.